The summed E-state index contributed by atoms with van der Waals surface area (Å²) in [6.07, 6.45) is -0.391. The predicted molar refractivity (Wildman–Crippen MR) is 41.3 cm³/mol. The van der Waals surface area contributed by atoms with E-state index in [0.29, 0.717) is 19.8 Å². The lowest BCUT2D eigenvalue weighted by molar-refractivity contribution is 0.119. The Hall–Kier alpha value is -0.380. The van der Waals surface area contributed by atoms with E-state index in [2.05, 4.69) is 6.58 Å². The third-order valence-corrected chi connectivity index (χ3v) is 1.90. The predicted octanol–water partition coefficient (Wildman–Crippen LogP) is 0.196. The van der Waals surface area contributed by atoms with Crippen LogP contribution in [0.2, 0.25) is 0 Å². The van der Waals surface area contributed by atoms with E-state index in [0.717, 1.165) is 5.57 Å². The molecule has 0 aromatic rings. The zero-order chi connectivity index (χ0) is 8.27. The summed E-state index contributed by atoms with van der Waals surface area (Å²) in [6.45, 7) is 5.31. The highest BCUT2D eigenvalue weighted by Gasteiger charge is 2.27. The van der Waals surface area contributed by atoms with Crippen LogP contribution in [0.25, 0.3) is 0 Å². The second kappa shape index (κ2) is 3.85. The molecular formula is C8H14O3. The van der Waals surface area contributed by atoms with Gasteiger partial charge in [0.15, 0.2) is 0 Å². The van der Waals surface area contributed by atoms with Crippen molar-refractivity contribution >= 4 is 0 Å². The lowest BCUT2D eigenvalue weighted by Gasteiger charge is -2.14. The van der Waals surface area contributed by atoms with Crippen molar-refractivity contribution in [3.63, 3.8) is 0 Å². The number of aliphatic hydroxyl groups excluding tert-OH is 1. The Bertz CT molecular complexity index is 144. The average Bonchev–Trinajstić information content (AvgIpc) is 2.36. The van der Waals surface area contributed by atoms with Gasteiger partial charge >= 0.3 is 0 Å². The summed E-state index contributed by atoms with van der Waals surface area (Å²) in [6, 6.07) is 0. The Balaban J connectivity index is 2.39. The molecule has 0 aromatic carbocycles. The van der Waals surface area contributed by atoms with Crippen molar-refractivity contribution in [1.82, 2.24) is 0 Å². The van der Waals surface area contributed by atoms with E-state index in [1.165, 1.54) is 0 Å². The largest absolute Gasteiger partial charge is 0.390 e. The molecule has 64 valence electrons. The van der Waals surface area contributed by atoms with Gasteiger partial charge in [-0.05, 0) is 5.57 Å². The molecule has 2 atom stereocenters. The minimum Gasteiger partial charge on any atom is -0.390 e. The topological polar surface area (TPSA) is 38.7 Å². The highest BCUT2D eigenvalue weighted by atomic mass is 16.5. The van der Waals surface area contributed by atoms with Gasteiger partial charge in [0.25, 0.3) is 0 Å². The van der Waals surface area contributed by atoms with E-state index in [-0.39, 0.29) is 5.92 Å². The fraction of sp³-hybridized carbons (Fsp3) is 0.750. The van der Waals surface area contributed by atoms with E-state index in [1.54, 1.807) is 7.11 Å². The summed E-state index contributed by atoms with van der Waals surface area (Å²) in [7, 11) is 1.62. The number of methoxy groups -OCH3 is 1. The van der Waals surface area contributed by atoms with Crippen molar-refractivity contribution in [2.75, 3.05) is 26.9 Å². The number of rotatable bonds is 3. The quantitative estimate of drug-likeness (QED) is 0.596. The van der Waals surface area contributed by atoms with E-state index < -0.39 is 6.10 Å². The van der Waals surface area contributed by atoms with Crippen LogP contribution in [0, 0.1) is 5.92 Å². The molecule has 2 unspecified atom stereocenters. The summed E-state index contributed by atoms with van der Waals surface area (Å²) >= 11 is 0. The molecular weight excluding hydrogens is 144 g/mol. The first-order valence-corrected chi connectivity index (χ1v) is 3.68. The van der Waals surface area contributed by atoms with Crippen LogP contribution in [-0.4, -0.2) is 38.1 Å². The van der Waals surface area contributed by atoms with Crippen LogP contribution in [0.5, 0.6) is 0 Å². The molecule has 1 aliphatic heterocycles. The molecule has 1 fully saturated rings. The summed E-state index contributed by atoms with van der Waals surface area (Å²) in [5.74, 6) is 0.0648. The van der Waals surface area contributed by atoms with Crippen molar-refractivity contribution in [3.8, 4) is 0 Å². The molecule has 1 aliphatic rings. The summed E-state index contributed by atoms with van der Waals surface area (Å²) < 4.78 is 9.97. The van der Waals surface area contributed by atoms with Gasteiger partial charge in [0.2, 0.25) is 0 Å². The lowest BCUT2D eigenvalue weighted by Crippen LogP contribution is -2.21. The van der Waals surface area contributed by atoms with Crippen LogP contribution in [0.4, 0.5) is 0 Å². The minimum atomic E-state index is -0.391. The van der Waals surface area contributed by atoms with Gasteiger partial charge in [-0.2, -0.15) is 0 Å². The average molecular weight is 158 g/mol. The van der Waals surface area contributed by atoms with Crippen LogP contribution in [0.15, 0.2) is 12.2 Å². The summed E-state index contributed by atoms with van der Waals surface area (Å²) in [4.78, 5) is 0. The highest BCUT2D eigenvalue weighted by molar-refractivity contribution is 5.05. The molecule has 3 nitrogen and oxygen atoms in total. The van der Waals surface area contributed by atoms with Crippen molar-refractivity contribution in [1.29, 1.82) is 0 Å². The van der Waals surface area contributed by atoms with E-state index in [4.69, 9.17) is 9.47 Å². The molecule has 0 radical (unpaired) electrons. The maximum atomic E-state index is 9.34. The zero-order valence-corrected chi connectivity index (χ0v) is 6.75. The Morgan fingerprint density at radius 1 is 1.73 bits per heavy atom. The van der Waals surface area contributed by atoms with Crippen LogP contribution in [0.1, 0.15) is 0 Å². The highest BCUT2D eigenvalue weighted by Crippen LogP contribution is 2.20. The van der Waals surface area contributed by atoms with Gasteiger partial charge in [0.05, 0.1) is 25.9 Å². The monoisotopic (exact) mass is 158 g/mol. The molecule has 0 spiro atoms. The van der Waals surface area contributed by atoms with Gasteiger partial charge in [0, 0.05) is 13.0 Å². The van der Waals surface area contributed by atoms with Crippen molar-refractivity contribution in [3.05, 3.63) is 12.2 Å². The Morgan fingerprint density at radius 2 is 2.45 bits per heavy atom. The molecule has 1 saturated heterocycles. The number of hydrogen-bond acceptors (Lipinski definition) is 3. The van der Waals surface area contributed by atoms with E-state index in [9.17, 15) is 5.11 Å². The number of ether oxygens (including phenoxy) is 2. The van der Waals surface area contributed by atoms with Gasteiger partial charge in [0.1, 0.15) is 0 Å². The standard InChI is InChI=1S/C8H14O3/c1-6(3-10-2)7-4-11-5-8(7)9/h7-9H,1,3-5H2,2H3. The number of aliphatic hydroxyl groups is 1. The fourth-order valence-corrected chi connectivity index (χ4v) is 1.23. The maximum absolute atomic E-state index is 9.34. The molecule has 1 heterocycles. The molecule has 0 aromatic heterocycles. The molecule has 1 rings (SSSR count). The fourth-order valence-electron chi connectivity index (χ4n) is 1.23. The SMILES string of the molecule is C=C(COC)C1COCC1O. The second-order valence-corrected chi connectivity index (χ2v) is 2.80. The third-order valence-electron chi connectivity index (χ3n) is 1.90. The van der Waals surface area contributed by atoms with Crippen LogP contribution in [-0.2, 0) is 9.47 Å². The Labute approximate surface area is 66.6 Å². The van der Waals surface area contributed by atoms with Gasteiger partial charge in [-0.1, -0.05) is 6.58 Å². The first kappa shape index (κ1) is 8.71. The second-order valence-electron chi connectivity index (χ2n) is 2.80. The Kier molecular flexibility index (Phi) is 3.05. The molecule has 1 N–H and O–H groups in total. The smallest absolute Gasteiger partial charge is 0.0861 e. The molecule has 0 bridgehead atoms. The molecule has 0 amide bonds. The summed E-state index contributed by atoms with van der Waals surface area (Å²) in [5.41, 5.74) is 0.914. The van der Waals surface area contributed by atoms with Crippen LogP contribution in [0.3, 0.4) is 0 Å². The van der Waals surface area contributed by atoms with Crippen molar-refractivity contribution in [2.45, 2.75) is 6.10 Å². The van der Waals surface area contributed by atoms with E-state index in [1.807, 2.05) is 0 Å². The molecule has 0 aliphatic carbocycles. The summed E-state index contributed by atoms with van der Waals surface area (Å²) in [5, 5.41) is 9.34. The molecule has 3 heteroatoms. The van der Waals surface area contributed by atoms with Gasteiger partial charge < -0.3 is 14.6 Å². The number of hydrogen-bond donors (Lipinski definition) is 1. The normalized spacial score (nSPS) is 30.7. The van der Waals surface area contributed by atoms with E-state index >= 15 is 0 Å². The first-order valence-electron chi connectivity index (χ1n) is 3.68. The Morgan fingerprint density at radius 3 is 2.91 bits per heavy atom. The van der Waals surface area contributed by atoms with Crippen molar-refractivity contribution in [2.24, 2.45) is 5.92 Å². The lowest BCUT2D eigenvalue weighted by atomic mass is 9.98. The maximum Gasteiger partial charge on any atom is 0.0861 e. The third kappa shape index (κ3) is 2.02. The molecule has 11 heavy (non-hydrogen) atoms. The van der Waals surface area contributed by atoms with Gasteiger partial charge in [-0.3, -0.25) is 0 Å². The van der Waals surface area contributed by atoms with Crippen molar-refractivity contribution < 1.29 is 14.6 Å². The van der Waals surface area contributed by atoms with Crippen LogP contribution >= 0.6 is 0 Å². The van der Waals surface area contributed by atoms with Gasteiger partial charge in [-0.15, -0.1) is 0 Å². The zero-order valence-electron chi connectivity index (χ0n) is 6.75. The minimum absolute atomic E-state index is 0.0648. The first-order chi connectivity index (χ1) is 5.25. The van der Waals surface area contributed by atoms with Gasteiger partial charge in [-0.25, -0.2) is 0 Å². The molecule has 0 saturated carbocycles. The van der Waals surface area contributed by atoms with Crippen LogP contribution < -0.4 is 0 Å².